The third-order valence-corrected chi connectivity index (χ3v) is 5.37. The number of hydrogen-bond acceptors (Lipinski definition) is 5. The van der Waals surface area contributed by atoms with Gasteiger partial charge in [-0.15, -0.1) is 0 Å². The second-order valence-corrected chi connectivity index (χ2v) is 7.95. The van der Waals surface area contributed by atoms with Crippen LogP contribution < -0.4 is 10.0 Å². The Morgan fingerprint density at radius 3 is 2.90 bits per heavy atom. The maximum absolute atomic E-state index is 12.5. The maximum atomic E-state index is 12.5. The van der Waals surface area contributed by atoms with Crippen LogP contribution in [-0.2, 0) is 10.0 Å². The fraction of sp³-hybridized carbons (Fsp3) is 0.615. The molecule has 2 heterocycles. The van der Waals surface area contributed by atoms with Crippen LogP contribution in [0.5, 0.6) is 0 Å². The number of hydrogen-bond donors (Lipinski definition) is 2. The Balaban J connectivity index is 2.13. The number of nitrogens with one attached hydrogen (secondary N) is 2. The van der Waals surface area contributed by atoms with Gasteiger partial charge in [-0.2, -0.15) is 0 Å². The molecule has 1 aromatic rings. The van der Waals surface area contributed by atoms with Crippen LogP contribution in [-0.4, -0.2) is 51.5 Å². The topological polar surface area (TPSA) is 74.3 Å². The molecule has 21 heavy (non-hydrogen) atoms. The van der Waals surface area contributed by atoms with E-state index in [1.807, 2.05) is 6.92 Å². The first-order valence-electron chi connectivity index (χ1n) is 7.00. The second-order valence-electron chi connectivity index (χ2n) is 5.30. The van der Waals surface area contributed by atoms with Gasteiger partial charge in [0.1, 0.15) is 10.7 Å². The van der Waals surface area contributed by atoms with Crippen molar-refractivity contribution in [1.82, 2.24) is 14.6 Å². The van der Waals surface area contributed by atoms with Gasteiger partial charge in [0.15, 0.2) is 0 Å². The van der Waals surface area contributed by atoms with Gasteiger partial charge in [0.05, 0.1) is 0 Å². The maximum Gasteiger partial charge on any atom is 0.244 e. The number of aromatic nitrogens is 1. The lowest BCUT2D eigenvalue weighted by Crippen LogP contribution is -2.31. The van der Waals surface area contributed by atoms with Crippen LogP contribution in [0, 0.1) is 5.92 Å². The molecule has 0 aliphatic carbocycles. The lowest BCUT2D eigenvalue weighted by atomic mass is 10.1. The van der Waals surface area contributed by atoms with Gasteiger partial charge in [-0.25, -0.2) is 18.1 Å². The zero-order valence-electron chi connectivity index (χ0n) is 12.3. The van der Waals surface area contributed by atoms with Gasteiger partial charge in [0.25, 0.3) is 0 Å². The summed E-state index contributed by atoms with van der Waals surface area (Å²) in [6.07, 6.45) is 2.61. The number of halogens is 1. The van der Waals surface area contributed by atoms with Gasteiger partial charge in [0, 0.05) is 30.3 Å². The average Bonchev–Trinajstić information content (AvgIpc) is 2.85. The van der Waals surface area contributed by atoms with Gasteiger partial charge >= 0.3 is 0 Å². The minimum Gasteiger partial charge on any atom is -0.369 e. The van der Waals surface area contributed by atoms with Gasteiger partial charge in [0.2, 0.25) is 10.0 Å². The van der Waals surface area contributed by atoms with Gasteiger partial charge in [-0.1, -0.05) is 0 Å². The molecule has 118 valence electrons. The third kappa shape index (κ3) is 4.38. The van der Waals surface area contributed by atoms with Gasteiger partial charge in [-0.05, 0) is 54.9 Å². The minimum atomic E-state index is -3.56. The van der Waals surface area contributed by atoms with Crippen molar-refractivity contribution in [2.45, 2.75) is 18.2 Å². The molecule has 0 spiro atoms. The molecule has 0 radical (unpaired) electrons. The van der Waals surface area contributed by atoms with E-state index in [1.165, 1.54) is 0 Å². The Morgan fingerprint density at radius 1 is 1.52 bits per heavy atom. The van der Waals surface area contributed by atoms with Gasteiger partial charge < -0.3 is 10.2 Å². The molecule has 1 unspecified atom stereocenters. The van der Waals surface area contributed by atoms with Crippen molar-refractivity contribution in [3.63, 3.8) is 0 Å². The van der Waals surface area contributed by atoms with E-state index in [0.29, 0.717) is 29.3 Å². The van der Waals surface area contributed by atoms with Crippen LogP contribution in [0.1, 0.15) is 13.3 Å². The Labute approximate surface area is 134 Å². The van der Waals surface area contributed by atoms with E-state index in [1.54, 1.807) is 12.3 Å². The molecule has 1 saturated heterocycles. The van der Waals surface area contributed by atoms with E-state index >= 15 is 0 Å². The summed E-state index contributed by atoms with van der Waals surface area (Å²) in [5, 5.41) is 2.99. The summed E-state index contributed by atoms with van der Waals surface area (Å²) < 4.78 is 28.3. The van der Waals surface area contributed by atoms with Crippen molar-refractivity contribution in [2.24, 2.45) is 5.92 Å². The summed E-state index contributed by atoms with van der Waals surface area (Å²) in [6, 6.07) is 1.58. The van der Waals surface area contributed by atoms with Crippen LogP contribution in [0.3, 0.4) is 0 Å². The fourth-order valence-corrected chi connectivity index (χ4v) is 4.18. The molecule has 1 aliphatic rings. The fourth-order valence-electron chi connectivity index (χ4n) is 2.42. The summed E-state index contributed by atoms with van der Waals surface area (Å²) in [7, 11) is -1.51. The Morgan fingerprint density at radius 2 is 2.29 bits per heavy atom. The first-order valence-corrected chi connectivity index (χ1v) is 9.27. The minimum absolute atomic E-state index is 0.185. The molecule has 8 heteroatoms. The second kappa shape index (κ2) is 7.04. The SMILES string of the molecule is CCNc1ncc(Br)cc1S(=O)(=O)NCC1CCN(C)C1. The number of sulfonamides is 1. The molecule has 0 aromatic carbocycles. The normalized spacial score (nSPS) is 19.9. The molecule has 2 N–H and O–H groups in total. The van der Waals surface area contributed by atoms with Crippen LogP contribution in [0.25, 0.3) is 0 Å². The van der Waals surface area contributed by atoms with Crippen molar-refractivity contribution in [3.8, 4) is 0 Å². The lowest BCUT2D eigenvalue weighted by Gasteiger charge is -2.14. The van der Waals surface area contributed by atoms with Crippen LogP contribution in [0.15, 0.2) is 21.6 Å². The van der Waals surface area contributed by atoms with Crippen molar-refractivity contribution in [3.05, 3.63) is 16.7 Å². The smallest absolute Gasteiger partial charge is 0.244 e. The zero-order chi connectivity index (χ0) is 15.5. The highest BCUT2D eigenvalue weighted by molar-refractivity contribution is 9.10. The summed E-state index contributed by atoms with van der Waals surface area (Å²) >= 11 is 3.28. The van der Waals surface area contributed by atoms with E-state index in [0.717, 1.165) is 19.5 Å². The predicted molar refractivity (Wildman–Crippen MR) is 86.9 cm³/mol. The van der Waals surface area contributed by atoms with E-state index in [2.05, 4.69) is 42.9 Å². The van der Waals surface area contributed by atoms with E-state index < -0.39 is 10.0 Å². The third-order valence-electron chi connectivity index (χ3n) is 3.50. The largest absolute Gasteiger partial charge is 0.369 e. The molecule has 1 aromatic heterocycles. The standard InChI is InChI=1S/C13H21BrN4O2S/c1-3-15-13-12(6-11(14)8-16-13)21(19,20)17-7-10-4-5-18(2)9-10/h6,8,10,17H,3-5,7,9H2,1-2H3,(H,15,16). The number of pyridine rings is 1. The Bertz CT molecular complexity index is 594. The lowest BCUT2D eigenvalue weighted by molar-refractivity contribution is 0.394. The monoisotopic (exact) mass is 376 g/mol. The molecule has 0 bridgehead atoms. The van der Waals surface area contributed by atoms with Crippen LogP contribution >= 0.6 is 15.9 Å². The predicted octanol–water partition coefficient (Wildman–Crippen LogP) is 1.51. The zero-order valence-corrected chi connectivity index (χ0v) is 14.7. The number of likely N-dealkylation sites (tertiary alicyclic amines) is 1. The summed E-state index contributed by atoms with van der Waals surface area (Å²) in [6.45, 7) is 4.93. The number of nitrogens with zero attached hydrogens (tertiary/aromatic N) is 2. The molecular formula is C13H21BrN4O2S. The molecular weight excluding hydrogens is 356 g/mol. The van der Waals surface area contributed by atoms with Crippen molar-refractivity contribution < 1.29 is 8.42 Å². The summed E-state index contributed by atoms with van der Waals surface area (Å²) in [4.78, 5) is 6.54. The molecule has 0 saturated carbocycles. The highest BCUT2D eigenvalue weighted by Crippen LogP contribution is 2.23. The number of rotatable bonds is 6. The highest BCUT2D eigenvalue weighted by atomic mass is 79.9. The number of anilines is 1. The molecule has 0 amide bonds. The first kappa shape index (κ1) is 16.7. The highest BCUT2D eigenvalue weighted by Gasteiger charge is 2.24. The first-order chi connectivity index (χ1) is 9.92. The van der Waals surface area contributed by atoms with Crippen molar-refractivity contribution >= 4 is 31.8 Å². The Hall–Kier alpha value is -0.700. The molecule has 6 nitrogen and oxygen atoms in total. The molecule has 2 rings (SSSR count). The average molecular weight is 377 g/mol. The van der Waals surface area contributed by atoms with E-state index in [4.69, 9.17) is 0 Å². The molecule has 1 aliphatic heterocycles. The van der Waals surface area contributed by atoms with E-state index in [9.17, 15) is 8.42 Å². The molecule has 1 fully saturated rings. The molecule has 1 atom stereocenters. The summed E-state index contributed by atoms with van der Waals surface area (Å²) in [5.41, 5.74) is 0. The summed E-state index contributed by atoms with van der Waals surface area (Å²) in [5.74, 6) is 0.754. The van der Waals surface area contributed by atoms with E-state index in [-0.39, 0.29) is 4.90 Å². The quantitative estimate of drug-likeness (QED) is 0.786. The van der Waals surface area contributed by atoms with Crippen molar-refractivity contribution in [1.29, 1.82) is 0 Å². The van der Waals surface area contributed by atoms with Crippen LogP contribution in [0.4, 0.5) is 5.82 Å². The Kier molecular flexibility index (Phi) is 5.59. The van der Waals surface area contributed by atoms with Crippen LogP contribution in [0.2, 0.25) is 0 Å². The van der Waals surface area contributed by atoms with Crippen molar-refractivity contribution in [2.75, 3.05) is 38.5 Å². The van der Waals surface area contributed by atoms with Gasteiger partial charge in [-0.3, -0.25) is 0 Å².